The highest BCUT2D eigenvalue weighted by Crippen LogP contribution is 2.18. The first-order chi connectivity index (χ1) is 9.86. The predicted molar refractivity (Wildman–Crippen MR) is 82.3 cm³/mol. The molecule has 0 atom stereocenters. The molecule has 0 radical (unpaired) electrons. The van der Waals surface area contributed by atoms with Gasteiger partial charge in [0.2, 0.25) is 0 Å². The average molecular weight is 354 g/mol. The van der Waals surface area contributed by atoms with E-state index in [1.54, 1.807) is 21.8 Å². The summed E-state index contributed by atoms with van der Waals surface area (Å²) in [5.74, 6) is -0.633. The first kappa shape index (κ1) is 15.7. The molecule has 1 aromatic heterocycles. The fourth-order valence-corrected chi connectivity index (χ4v) is 2.55. The van der Waals surface area contributed by atoms with Gasteiger partial charge in [-0.1, -0.05) is 15.9 Å². The third kappa shape index (κ3) is 3.91. The molecule has 2 rings (SSSR count). The number of nitrogens with zero attached hydrogens (tertiary/aromatic N) is 3. The largest absolute Gasteiger partial charge is 0.332 e. The smallest absolute Gasteiger partial charge is 0.254 e. The zero-order valence-electron chi connectivity index (χ0n) is 12.2. The molecule has 0 spiro atoms. The molecule has 0 N–H and O–H groups in total. The molecule has 1 heterocycles. The van der Waals surface area contributed by atoms with Crippen LogP contribution in [0.2, 0.25) is 0 Å². The summed E-state index contributed by atoms with van der Waals surface area (Å²) in [5, 5.41) is 4.10. The van der Waals surface area contributed by atoms with Gasteiger partial charge in [0, 0.05) is 41.4 Å². The van der Waals surface area contributed by atoms with E-state index in [1.807, 2.05) is 27.1 Å². The number of aryl methyl sites for hydroxylation is 1. The second kappa shape index (κ2) is 6.39. The zero-order valence-corrected chi connectivity index (χ0v) is 13.8. The van der Waals surface area contributed by atoms with Crippen molar-refractivity contribution < 1.29 is 9.18 Å². The van der Waals surface area contributed by atoms with Crippen LogP contribution in [0.5, 0.6) is 0 Å². The summed E-state index contributed by atoms with van der Waals surface area (Å²) in [7, 11) is 1.83. The Kier molecular flexibility index (Phi) is 4.77. The molecule has 0 bridgehead atoms. The van der Waals surface area contributed by atoms with Crippen molar-refractivity contribution in [2.75, 3.05) is 0 Å². The monoisotopic (exact) mass is 353 g/mol. The molecule has 1 amide bonds. The normalized spacial score (nSPS) is 11.0. The lowest BCUT2D eigenvalue weighted by Crippen LogP contribution is -2.36. The summed E-state index contributed by atoms with van der Waals surface area (Å²) in [4.78, 5) is 14.3. The van der Waals surface area contributed by atoms with Gasteiger partial charge in [-0.15, -0.1) is 0 Å². The molecular weight excluding hydrogens is 337 g/mol. The van der Waals surface area contributed by atoms with Crippen LogP contribution in [0, 0.1) is 5.82 Å². The molecule has 6 heteroatoms. The number of hydrogen-bond donors (Lipinski definition) is 0. The van der Waals surface area contributed by atoms with E-state index in [9.17, 15) is 9.18 Å². The molecule has 1 aromatic carbocycles. The van der Waals surface area contributed by atoms with Gasteiger partial charge in [0.15, 0.2) is 0 Å². The number of amides is 1. The number of hydrogen-bond acceptors (Lipinski definition) is 2. The lowest BCUT2D eigenvalue weighted by Gasteiger charge is -2.26. The van der Waals surface area contributed by atoms with E-state index in [2.05, 4.69) is 21.0 Å². The molecule has 0 saturated carbocycles. The van der Waals surface area contributed by atoms with Crippen LogP contribution in [0.3, 0.4) is 0 Å². The van der Waals surface area contributed by atoms with Crippen LogP contribution in [0.25, 0.3) is 0 Å². The van der Waals surface area contributed by atoms with E-state index in [4.69, 9.17) is 0 Å². The van der Waals surface area contributed by atoms with Crippen LogP contribution in [-0.4, -0.2) is 26.6 Å². The van der Waals surface area contributed by atoms with E-state index < -0.39 is 5.82 Å². The van der Waals surface area contributed by atoms with Gasteiger partial charge in [-0.25, -0.2) is 4.39 Å². The molecular formula is C15H17BrFN3O. The van der Waals surface area contributed by atoms with Crippen molar-refractivity contribution in [2.45, 2.75) is 26.4 Å². The Hall–Kier alpha value is -1.69. The highest BCUT2D eigenvalue weighted by atomic mass is 79.9. The van der Waals surface area contributed by atoms with Crippen LogP contribution < -0.4 is 0 Å². The number of aromatic nitrogens is 2. The molecule has 112 valence electrons. The van der Waals surface area contributed by atoms with Gasteiger partial charge >= 0.3 is 0 Å². The summed E-state index contributed by atoms with van der Waals surface area (Å²) in [5.41, 5.74) is 1.27. The number of rotatable bonds is 4. The minimum atomic E-state index is -0.433. The number of halogens is 2. The molecule has 4 nitrogen and oxygen atoms in total. The highest BCUT2D eigenvalue weighted by molar-refractivity contribution is 9.10. The van der Waals surface area contributed by atoms with Crippen molar-refractivity contribution in [1.29, 1.82) is 0 Å². The lowest BCUT2D eigenvalue weighted by molar-refractivity contribution is 0.0689. The Morgan fingerprint density at radius 1 is 1.43 bits per heavy atom. The number of carbonyl (C=O) groups is 1. The van der Waals surface area contributed by atoms with Crippen LogP contribution >= 0.6 is 15.9 Å². The van der Waals surface area contributed by atoms with E-state index >= 15 is 0 Å². The van der Waals surface area contributed by atoms with Crippen molar-refractivity contribution in [1.82, 2.24) is 14.7 Å². The summed E-state index contributed by atoms with van der Waals surface area (Å²) in [6.45, 7) is 4.31. The topological polar surface area (TPSA) is 38.1 Å². The first-order valence-electron chi connectivity index (χ1n) is 6.61. The van der Waals surface area contributed by atoms with Crippen molar-refractivity contribution >= 4 is 21.8 Å². The molecule has 2 aromatic rings. The molecule has 0 fully saturated rings. The van der Waals surface area contributed by atoms with E-state index in [0.717, 1.165) is 5.56 Å². The minimum Gasteiger partial charge on any atom is -0.332 e. The van der Waals surface area contributed by atoms with E-state index in [1.165, 1.54) is 12.1 Å². The van der Waals surface area contributed by atoms with Crippen LogP contribution in [-0.2, 0) is 13.6 Å². The quantitative estimate of drug-likeness (QED) is 0.844. The van der Waals surface area contributed by atoms with Crippen molar-refractivity contribution in [3.8, 4) is 0 Å². The van der Waals surface area contributed by atoms with Crippen LogP contribution in [0.15, 0.2) is 35.1 Å². The van der Waals surface area contributed by atoms with E-state index in [-0.39, 0.29) is 11.9 Å². The van der Waals surface area contributed by atoms with Crippen molar-refractivity contribution in [2.24, 2.45) is 7.05 Å². The fraction of sp³-hybridized carbons (Fsp3) is 0.333. The molecule has 0 unspecified atom stereocenters. The van der Waals surface area contributed by atoms with Gasteiger partial charge < -0.3 is 4.90 Å². The van der Waals surface area contributed by atoms with Gasteiger partial charge in [-0.3, -0.25) is 9.48 Å². The van der Waals surface area contributed by atoms with Gasteiger partial charge in [-0.05, 0) is 32.0 Å². The van der Waals surface area contributed by atoms with Crippen LogP contribution in [0.4, 0.5) is 4.39 Å². The van der Waals surface area contributed by atoms with Gasteiger partial charge in [-0.2, -0.15) is 5.10 Å². The second-order valence-corrected chi connectivity index (χ2v) is 6.12. The SMILES string of the molecule is CC(C)N(Cc1cnn(C)c1)C(=O)c1cc(F)cc(Br)c1. The van der Waals surface area contributed by atoms with E-state index in [0.29, 0.717) is 16.6 Å². The molecule has 0 aliphatic rings. The summed E-state index contributed by atoms with van der Waals surface area (Å²) >= 11 is 3.21. The van der Waals surface area contributed by atoms with Crippen molar-refractivity contribution in [3.63, 3.8) is 0 Å². The molecule has 0 saturated heterocycles. The Balaban J connectivity index is 2.26. The average Bonchev–Trinajstić information content (AvgIpc) is 2.79. The van der Waals surface area contributed by atoms with Crippen LogP contribution in [0.1, 0.15) is 29.8 Å². The zero-order chi connectivity index (χ0) is 15.6. The fourth-order valence-electron chi connectivity index (χ4n) is 2.08. The predicted octanol–water partition coefficient (Wildman–Crippen LogP) is 3.37. The highest BCUT2D eigenvalue weighted by Gasteiger charge is 2.20. The maximum atomic E-state index is 13.5. The standard InChI is InChI=1S/C15H17BrFN3O/c1-10(2)20(9-11-7-18-19(3)8-11)15(21)12-4-13(16)6-14(17)5-12/h4-8,10H,9H2,1-3H3. The van der Waals surface area contributed by atoms with Crippen molar-refractivity contribution in [3.05, 3.63) is 52.0 Å². The van der Waals surface area contributed by atoms with Gasteiger partial charge in [0.05, 0.1) is 6.20 Å². The van der Waals surface area contributed by atoms with Gasteiger partial charge in [0.1, 0.15) is 5.82 Å². The number of carbonyl (C=O) groups excluding carboxylic acids is 1. The molecule has 0 aliphatic heterocycles. The summed E-state index contributed by atoms with van der Waals surface area (Å²) < 4.78 is 15.7. The maximum absolute atomic E-state index is 13.5. The third-order valence-electron chi connectivity index (χ3n) is 3.10. The lowest BCUT2D eigenvalue weighted by atomic mass is 10.1. The Labute approximate surface area is 131 Å². The maximum Gasteiger partial charge on any atom is 0.254 e. The third-order valence-corrected chi connectivity index (χ3v) is 3.56. The Morgan fingerprint density at radius 2 is 2.14 bits per heavy atom. The molecule has 21 heavy (non-hydrogen) atoms. The summed E-state index contributed by atoms with van der Waals surface area (Å²) in [6, 6.07) is 4.22. The first-order valence-corrected chi connectivity index (χ1v) is 7.40. The Morgan fingerprint density at radius 3 is 2.67 bits per heavy atom. The van der Waals surface area contributed by atoms with Gasteiger partial charge in [0.25, 0.3) is 5.91 Å². The molecule has 0 aliphatic carbocycles. The Bertz CT molecular complexity index is 634. The minimum absolute atomic E-state index is 0.000232. The second-order valence-electron chi connectivity index (χ2n) is 5.21. The number of benzene rings is 1. The summed E-state index contributed by atoms with van der Waals surface area (Å²) in [6.07, 6.45) is 3.59.